The van der Waals surface area contributed by atoms with Crippen LogP contribution in [0.3, 0.4) is 0 Å². The van der Waals surface area contributed by atoms with E-state index < -0.39 is 11.1 Å². The van der Waals surface area contributed by atoms with Gasteiger partial charge >= 0.3 is 135 Å². The van der Waals surface area contributed by atoms with Crippen LogP contribution in [0.15, 0.2) is 30.3 Å². The Kier molecular flexibility index (Phi) is 4.84. The van der Waals surface area contributed by atoms with E-state index in [1.165, 1.54) is 12.2 Å². The van der Waals surface area contributed by atoms with Gasteiger partial charge in [-0.3, -0.25) is 0 Å². The standard InChI is InChI=1S/C17H21O2PSe/c1-5-17(19-15(4)18)11-14(3)20(21,12-13(17)2)16-9-7-6-8-10-16/h1,6-10,13-14H,11-12H2,2-4H3/t13-,14-,17-,20-/m1/s1. The summed E-state index contributed by atoms with van der Waals surface area (Å²) in [6.07, 6.45) is 7.43. The molecule has 1 saturated heterocycles. The number of benzene rings is 1. The normalized spacial score (nSPS) is 35.7. The van der Waals surface area contributed by atoms with Gasteiger partial charge in [-0.2, -0.15) is 0 Å². The van der Waals surface area contributed by atoms with E-state index in [9.17, 15) is 4.79 Å². The summed E-state index contributed by atoms with van der Waals surface area (Å²) in [7, 11) is 0. The second kappa shape index (κ2) is 6.13. The topological polar surface area (TPSA) is 26.3 Å². The van der Waals surface area contributed by atoms with Gasteiger partial charge in [0.2, 0.25) is 0 Å². The molecule has 2 rings (SSSR count). The molecule has 0 aromatic heterocycles. The van der Waals surface area contributed by atoms with Gasteiger partial charge in [-0.05, 0) is 0 Å². The molecule has 1 aliphatic heterocycles. The average Bonchev–Trinajstić information content (AvgIpc) is 2.45. The molecule has 0 amide bonds. The molecule has 0 unspecified atom stereocenters. The van der Waals surface area contributed by atoms with Crippen LogP contribution >= 0.6 is 5.51 Å². The van der Waals surface area contributed by atoms with E-state index in [-0.39, 0.29) is 11.9 Å². The maximum absolute atomic E-state index is 11.4. The molecule has 1 aromatic rings. The predicted molar refractivity (Wildman–Crippen MR) is 90.2 cm³/mol. The minimum atomic E-state index is -1.41. The van der Waals surface area contributed by atoms with E-state index in [0.29, 0.717) is 5.66 Å². The summed E-state index contributed by atoms with van der Waals surface area (Å²) in [4.78, 5) is 11.4. The molecule has 1 aliphatic rings. The summed E-state index contributed by atoms with van der Waals surface area (Å²) in [6, 6.07) is 10.6. The van der Waals surface area contributed by atoms with Crippen molar-refractivity contribution in [3.8, 4) is 12.3 Å². The zero-order chi connectivity index (χ0) is 15.7. The van der Waals surface area contributed by atoms with E-state index in [1.54, 1.807) is 0 Å². The molecule has 1 fully saturated rings. The number of carbonyl (C=O) groups excluding carboxylic acids is 1. The summed E-state index contributed by atoms with van der Waals surface area (Å²) in [5, 5.41) is 1.39. The molecule has 4 atom stereocenters. The number of rotatable bonds is 2. The predicted octanol–water partition coefficient (Wildman–Crippen LogP) is 2.78. The fraction of sp³-hybridized carbons (Fsp3) is 0.471. The van der Waals surface area contributed by atoms with Crippen molar-refractivity contribution < 1.29 is 9.53 Å². The molecule has 112 valence electrons. The number of hydrogen-bond acceptors (Lipinski definition) is 2. The van der Waals surface area contributed by atoms with Crippen LogP contribution in [0.2, 0.25) is 0 Å². The van der Waals surface area contributed by atoms with Crippen LogP contribution in [0.1, 0.15) is 27.2 Å². The summed E-state index contributed by atoms with van der Waals surface area (Å²) < 4.78 is 5.57. The Bertz CT molecular complexity index is 619. The van der Waals surface area contributed by atoms with E-state index in [2.05, 4.69) is 59.1 Å². The summed E-state index contributed by atoms with van der Waals surface area (Å²) >= 11 is 3.51. The van der Waals surface area contributed by atoms with Gasteiger partial charge in [0.15, 0.2) is 0 Å². The van der Waals surface area contributed by atoms with Crippen LogP contribution in [0.25, 0.3) is 0 Å². The second-order valence-corrected chi connectivity index (χ2v) is 13.4. The van der Waals surface area contributed by atoms with Gasteiger partial charge in [-0.1, -0.05) is 0 Å². The van der Waals surface area contributed by atoms with Crippen LogP contribution in [0.5, 0.6) is 0 Å². The Morgan fingerprint density at radius 2 is 2.05 bits per heavy atom. The first-order chi connectivity index (χ1) is 9.84. The SMILES string of the molecule is C#C[C@@]1(OC(C)=O)C[C@@H](C)[P@@](=[Se])(c2ccccc2)C[C@H]1C. The van der Waals surface area contributed by atoms with Gasteiger partial charge in [0.25, 0.3) is 0 Å². The number of hydrogen-bond donors (Lipinski definition) is 0. The fourth-order valence-corrected chi connectivity index (χ4v) is 9.27. The molecule has 1 aromatic carbocycles. The van der Waals surface area contributed by atoms with Crippen LogP contribution in [-0.4, -0.2) is 38.5 Å². The molecule has 2 nitrogen and oxygen atoms in total. The molecule has 0 bridgehead atoms. The zero-order valence-electron chi connectivity index (χ0n) is 12.7. The third-order valence-electron chi connectivity index (χ3n) is 4.42. The van der Waals surface area contributed by atoms with Crippen molar-refractivity contribution in [3.05, 3.63) is 30.3 Å². The van der Waals surface area contributed by atoms with Gasteiger partial charge in [0.05, 0.1) is 0 Å². The minimum absolute atomic E-state index is 0.150. The van der Waals surface area contributed by atoms with Crippen LogP contribution < -0.4 is 5.30 Å². The van der Waals surface area contributed by atoms with Crippen LogP contribution in [0, 0.1) is 18.3 Å². The average molecular weight is 367 g/mol. The quantitative estimate of drug-likeness (QED) is 0.348. The van der Waals surface area contributed by atoms with Crippen molar-refractivity contribution in [1.82, 2.24) is 0 Å². The number of esters is 1. The third kappa shape index (κ3) is 3.04. The van der Waals surface area contributed by atoms with E-state index in [4.69, 9.17) is 11.2 Å². The Hall–Kier alpha value is -0.801. The molecular weight excluding hydrogens is 346 g/mol. The summed E-state index contributed by atoms with van der Waals surface area (Å²) in [5.74, 6) is 2.64. The number of terminal acetylenes is 1. The number of ether oxygens (including phenoxy) is 1. The molecule has 0 N–H and O–H groups in total. The summed E-state index contributed by atoms with van der Waals surface area (Å²) in [5.41, 5.74) is -1.77. The molecule has 21 heavy (non-hydrogen) atoms. The van der Waals surface area contributed by atoms with E-state index in [1.807, 2.05) is 6.07 Å². The van der Waals surface area contributed by atoms with E-state index in [0.717, 1.165) is 12.6 Å². The molecule has 0 aliphatic carbocycles. The first-order valence-electron chi connectivity index (χ1n) is 7.16. The summed E-state index contributed by atoms with van der Waals surface area (Å²) in [6.45, 7) is 5.76. The first kappa shape index (κ1) is 16.6. The first-order valence-corrected chi connectivity index (χ1v) is 11.4. The third-order valence-corrected chi connectivity index (χ3v) is 12.8. The van der Waals surface area contributed by atoms with Crippen molar-refractivity contribution >= 4 is 31.9 Å². The van der Waals surface area contributed by atoms with Crippen molar-refractivity contribution in [2.45, 2.75) is 38.5 Å². The molecule has 4 heteroatoms. The monoisotopic (exact) mass is 368 g/mol. The molecule has 0 saturated carbocycles. The van der Waals surface area contributed by atoms with Crippen molar-refractivity contribution in [2.75, 3.05) is 6.16 Å². The maximum atomic E-state index is 11.4. The van der Waals surface area contributed by atoms with Gasteiger partial charge in [0.1, 0.15) is 0 Å². The Labute approximate surface area is 134 Å². The second-order valence-electron chi connectivity index (χ2n) is 5.90. The Balaban J connectivity index is 2.37. The molecular formula is C17H21O2PSe. The van der Waals surface area contributed by atoms with Crippen molar-refractivity contribution in [1.29, 1.82) is 0 Å². The van der Waals surface area contributed by atoms with Gasteiger partial charge in [-0.25, -0.2) is 0 Å². The van der Waals surface area contributed by atoms with Crippen LogP contribution in [0.4, 0.5) is 0 Å². The fourth-order valence-electron chi connectivity index (χ4n) is 3.19. The van der Waals surface area contributed by atoms with E-state index >= 15 is 0 Å². The Morgan fingerprint density at radius 1 is 1.43 bits per heavy atom. The molecule has 1 heterocycles. The van der Waals surface area contributed by atoms with Gasteiger partial charge in [-0.15, -0.1) is 0 Å². The van der Waals surface area contributed by atoms with Gasteiger partial charge in [0, 0.05) is 0 Å². The zero-order valence-corrected chi connectivity index (χ0v) is 15.3. The number of carbonyl (C=O) groups is 1. The van der Waals surface area contributed by atoms with Gasteiger partial charge < -0.3 is 0 Å². The molecule has 0 spiro atoms. The van der Waals surface area contributed by atoms with Crippen molar-refractivity contribution in [2.24, 2.45) is 5.92 Å². The van der Waals surface area contributed by atoms with Crippen molar-refractivity contribution in [3.63, 3.8) is 0 Å². The molecule has 0 radical (unpaired) electrons. The Morgan fingerprint density at radius 3 is 2.57 bits per heavy atom. The van der Waals surface area contributed by atoms with Crippen LogP contribution in [-0.2, 0) is 9.53 Å².